The lowest BCUT2D eigenvalue weighted by molar-refractivity contribution is -0.126. The number of amides is 1. The molecule has 3 aromatic rings. The van der Waals surface area contributed by atoms with Gasteiger partial charge in [-0.2, -0.15) is 5.26 Å². The molecule has 0 spiro atoms. The van der Waals surface area contributed by atoms with E-state index >= 15 is 0 Å². The number of nitrogens with zero attached hydrogens (tertiary/aromatic N) is 3. The molecule has 0 N–H and O–H groups in total. The number of ether oxygens (including phenoxy) is 1. The Morgan fingerprint density at radius 1 is 0.970 bits per heavy atom. The van der Waals surface area contributed by atoms with Crippen molar-refractivity contribution in [3.05, 3.63) is 101 Å². The van der Waals surface area contributed by atoms with Gasteiger partial charge in [-0.25, -0.2) is 0 Å². The number of para-hydroxylation sites is 1. The summed E-state index contributed by atoms with van der Waals surface area (Å²) >= 11 is 0. The largest absolute Gasteiger partial charge is 0.496 e. The van der Waals surface area contributed by atoms with E-state index in [1.165, 1.54) is 5.56 Å². The van der Waals surface area contributed by atoms with Crippen LogP contribution >= 0.6 is 0 Å². The van der Waals surface area contributed by atoms with E-state index < -0.39 is 0 Å². The lowest BCUT2D eigenvalue weighted by atomic mass is 10.0. The van der Waals surface area contributed by atoms with E-state index in [1.807, 2.05) is 54.6 Å². The minimum absolute atomic E-state index is 0.152. The predicted molar refractivity (Wildman–Crippen MR) is 131 cm³/mol. The van der Waals surface area contributed by atoms with Gasteiger partial charge >= 0.3 is 0 Å². The first-order valence-electron chi connectivity index (χ1n) is 11.1. The smallest absolute Gasteiger partial charge is 0.264 e. The molecule has 1 aliphatic heterocycles. The van der Waals surface area contributed by atoms with Crippen LogP contribution in [0, 0.1) is 11.3 Å². The van der Waals surface area contributed by atoms with Crippen molar-refractivity contribution in [1.29, 1.82) is 5.26 Å². The first kappa shape index (κ1) is 22.2. The van der Waals surface area contributed by atoms with Gasteiger partial charge < -0.3 is 14.5 Å². The Balaban J connectivity index is 1.48. The molecule has 4 rings (SSSR count). The van der Waals surface area contributed by atoms with E-state index in [2.05, 4.69) is 35.2 Å². The number of rotatable bonds is 6. The van der Waals surface area contributed by atoms with Gasteiger partial charge in [-0.3, -0.25) is 4.79 Å². The summed E-state index contributed by atoms with van der Waals surface area (Å²) in [6.07, 6.45) is 2.39. The molecule has 33 heavy (non-hydrogen) atoms. The molecule has 0 radical (unpaired) electrons. The standard InChI is InChI=1S/C28H27N3O2/c1-33-27-13-12-23(19-24(27)18-22-8-4-2-5-9-22)20-25(21-29)28(32)31-16-14-30(15-17-31)26-10-6-3-7-11-26/h2-13,19-20H,14-18H2,1H3/b25-20-. The fourth-order valence-electron chi connectivity index (χ4n) is 4.13. The topological polar surface area (TPSA) is 56.6 Å². The number of anilines is 1. The molecule has 0 aromatic heterocycles. The molecule has 0 bridgehead atoms. The van der Waals surface area contributed by atoms with Crippen molar-refractivity contribution in [2.45, 2.75) is 6.42 Å². The van der Waals surface area contributed by atoms with E-state index in [0.717, 1.165) is 35.7 Å². The van der Waals surface area contributed by atoms with Gasteiger partial charge in [0.2, 0.25) is 0 Å². The first-order valence-corrected chi connectivity index (χ1v) is 11.1. The monoisotopic (exact) mass is 437 g/mol. The van der Waals surface area contributed by atoms with Crippen LogP contribution in [0.3, 0.4) is 0 Å². The van der Waals surface area contributed by atoms with Crippen molar-refractivity contribution in [3.8, 4) is 11.8 Å². The number of carbonyl (C=O) groups excluding carboxylic acids is 1. The van der Waals surface area contributed by atoms with Crippen LogP contribution in [-0.4, -0.2) is 44.1 Å². The van der Waals surface area contributed by atoms with Gasteiger partial charge in [0.25, 0.3) is 5.91 Å². The second kappa shape index (κ2) is 10.5. The fraction of sp³-hybridized carbons (Fsp3) is 0.214. The third-order valence-electron chi connectivity index (χ3n) is 5.89. The molecule has 1 fully saturated rings. The van der Waals surface area contributed by atoms with Crippen molar-refractivity contribution in [2.75, 3.05) is 38.2 Å². The summed E-state index contributed by atoms with van der Waals surface area (Å²) in [7, 11) is 1.65. The lowest BCUT2D eigenvalue weighted by Gasteiger charge is -2.36. The van der Waals surface area contributed by atoms with Crippen molar-refractivity contribution in [2.24, 2.45) is 0 Å². The quantitative estimate of drug-likeness (QED) is 0.420. The van der Waals surface area contributed by atoms with Crippen LogP contribution in [0.4, 0.5) is 5.69 Å². The van der Waals surface area contributed by atoms with Gasteiger partial charge in [0.1, 0.15) is 17.4 Å². The molecule has 5 nitrogen and oxygen atoms in total. The van der Waals surface area contributed by atoms with Gasteiger partial charge in [-0.05, 0) is 47.0 Å². The van der Waals surface area contributed by atoms with Crippen LogP contribution in [0.15, 0.2) is 84.4 Å². The Morgan fingerprint density at radius 2 is 1.64 bits per heavy atom. The summed E-state index contributed by atoms with van der Waals surface area (Å²) in [5.74, 6) is 0.573. The molecule has 3 aromatic carbocycles. The lowest BCUT2D eigenvalue weighted by Crippen LogP contribution is -2.49. The number of piperazine rings is 1. The zero-order valence-corrected chi connectivity index (χ0v) is 18.8. The maximum Gasteiger partial charge on any atom is 0.264 e. The SMILES string of the molecule is COc1ccc(/C=C(/C#N)C(=O)N2CCN(c3ccccc3)CC2)cc1Cc1ccccc1. The molecule has 0 aliphatic carbocycles. The van der Waals surface area contributed by atoms with E-state index in [4.69, 9.17) is 4.74 Å². The summed E-state index contributed by atoms with van der Waals surface area (Å²) in [6.45, 7) is 2.68. The molecule has 1 heterocycles. The number of carbonyl (C=O) groups is 1. The van der Waals surface area contributed by atoms with Gasteiger partial charge in [0.15, 0.2) is 0 Å². The van der Waals surface area contributed by atoms with Crippen molar-refractivity contribution in [3.63, 3.8) is 0 Å². The van der Waals surface area contributed by atoms with Crippen LogP contribution in [0.1, 0.15) is 16.7 Å². The van der Waals surface area contributed by atoms with Crippen LogP contribution in [0.2, 0.25) is 0 Å². The van der Waals surface area contributed by atoms with Crippen molar-refractivity contribution < 1.29 is 9.53 Å². The van der Waals surface area contributed by atoms with Crippen LogP contribution < -0.4 is 9.64 Å². The Bertz CT molecular complexity index is 1160. The van der Waals surface area contributed by atoms with Crippen LogP contribution in [-0.2, 0) is 11.2 Å². The molecular weight excluding hydrogens is 410 g/mol. The Hall–Kier alpha value is -4.04. The predicted octanol–water partition coefficient (Wildman–Crippen LogP) is 4.54. The molecular formula is C28H27N3O2. The van der Waals surface area contributed by atoms with Gasteiger partial charge in [-0.1, -0.05) is 54.6 Å². The normalized spacial score (nSPS) is 14.0. The summed E-state index contributed by atoms with van der Waals surface area (Å²) < 4.78 is 5.53. The minimum Gasteiger partial charge on any atom is -0.496 e. The van der Waals surface area contributed by atoms with Crippen LogP contribution in [0.5, 0.6) is 5.75 Å². The average Bonchev–Trinajstić information content (AvgIpc) is 2.88. The summed E-state index contributed by atoms with van der Waals surface area (Å²) in [4.78, 5) is 17.1. The van der Waals surface area contributed by atoms with Crippen molar-refractivity contribution in [1.82, 2.24) is 4.90 Å². The molecule has 166 valence electrons. The van der Waals surface area contributed by atoms with Crippen LogP contribution in [0.25, 0.3) is 6.08 Å². The first-order chi connectivity index (χ1) is 16.2. The van der Waals surface area contributed by atoms with E-state index in [1.54, 1.807) is 18.1 Å². The second-order valence-electron chi connectivity index (χ2n) is 8.02. The number of hydrogen-bond acceptors (Lipinski definition) is 4. The van der Waals surface area contributed by atoms with E-state index in [9.17, 15) is 10.1 Å². The van der Waals surface area contributed by atoms with E-state index in [-0.39, 0.29) is 11.5 Å². The third kappa shape index (κ3) is 5.42. The molecule has 5 heteroatoms. The molecule has 0 atom stereocenters. The zero-order valence-electron chi connectivity index (χ0n) is 18.8. The Labute approximate surface area is 195 Å². The number of benzene rings is 3. The summed E-state index contributed by atoms with van der Waals surface area (Å²) in [5, 5.41) is 9.72. The summed E-state index contributed by atoms with van der Waals surface area (Å²) in [6, 6.07) is 28.2. The molecule has 1 amide bonds. The average molecular weight is 438 g/mol. The summed E-state index contributed by atoms with van der Waals surface area (Å²) in [5.41, 5.74) is 4.31. The molecule has 0 saturated carbocycles. The highest BCUT2D eigenvalue weighted by Crippen LogP contribution is 2.25. The van der Waals surface area contributed by atoms with Crippen molar-refractivity contribution >= 4 is 17.7 Å². The molecule has 1 aliphatic rings. The highest BCUT2D eigenvalue weighted by Gasteiger charge is 2.24. The maximum absolute atomic E-state index is 13.1. The Morgan fingerprint density at radius 3 is 2.27 bits per heavy atom. The highest BCUT2D eigenvalue weighted by molar-refractivity contribution is 6.01. The number of nitriles is 1. The van der Waals surface area contributed by atoms with Gasteiger partial charge in [-0.15, -0.1) is 0 Å². The fourth-order valence-corrected chi connectivity index (χ4v) is 4.13. The minimum atomic E-state index is -0.217. The molecule has 0 unspecified atom stereocenters. The zero-order chi connectivity index (χ0) is 23.0. The van der Waals surface area contributed by atoms with Gasteiger partial charge in [0, 0.05) is 38.3 Å². The number of hydrogen-bond donors (Lipinski definition) is 0. The highest BCUT2D eigenvalue weighted by atomic mass is 16.5. The van der Waals surface area contributed by atoms with Gasteiger partial charge in [0.05, 0.1) is 7.11 Å². The molecule has 1 saturated heterocycles. The second-order valence-corrected chi connectivity index (χ2v) is 8.02. The third-order valence-corrected chi connectivity index (χ3v) is 5.89. The maximum atomic E-state index is 13.1. The Kier molecular flexibility index (Phi) is 7.06. The number of methoxy groups -OCH3 is 1. The van der Waals surface area contributed by atoms with E-state index in [0.29, 0.717) is 19.5 Å².